The molecule has 0 spiro atoms. The SMILES string of the molecule is CCc1c(C)c(-c2ccccc2)cc(-c2ccccc2)[n+]1Cc1ccccc1. The van der Waals surface area contributed by atoms with E-state index >= 15 is 0 Å². The fraction of sp³-hybridized carbons (Fsp3) is 0.148. The van der Waals surface area contributed by atoms with Gasteiger partial charge in [-0.25, -0.2) is 0 Å². The second kappa shape index (κ2) is 8.22. The molecule has 28 heavy (non-hydrogen) atoms. The number of pyridine rings is 1. The van der Waals surface area contributed by atoms with E-state index in [1.165, 1.54) is 39.2 Å². The highest BCUT2D eigenvalue weighted by atomic mass is 15.0. The summed E-state index contributed by atoms with van der Waals surface area (Å²) >= 11 is 0. The van der Waals surface area contributed by atoms with Crippen molar-refractivity contribution in [1.29, 1.82) is 0 Å². The van der Waals surface area contributed by atoms with Gasteiger partial charge in [-0.3, -0.25) is 0 Å². The lowest BCUT2D eigenvalue weighted by molar-refractivity contribution is -0.685. The lowest BCUT2D eigenvalue weighted by Crippen LogP contribution is -2.42. The molecule has 0 fully saturated rings. The topological polar surface area (TPSA) is 3.88 Å². The Kier molecular flexibility index (Phi) is 5.34. The predicted molar refractivity (Wildman–Crippen MR) is 117 cm³/mol. The second-order valence-electron chi connectivity index (χ2n) is 7.17. The molecule has 0 aliphatic carbocycles. The van der Waals surface area contributed by atoms with Crippen LogP contribution >= 0.6 is 0 Å². The highest BCUT2D eigenvalue weighted by molar-refractivity contribution is 5.72. The van der Waals surface area contributed by atoms with E-state index in [1.807, 2.05) is 0 Å². The quantitative estimate of drug-likeness (QED) is 0.370. The van der Waals surface area contributed by atoms with Crippen LogP contribution in [0.2, 0.25) is 0 Å². The molecule has 1 heteroatoms. The van der Waals surface area contributed by atoms with Crippen LogP contribution in [0.5, 0.6) is 0 Å². The molecule has 0 radical (unpaired) electrons. The van der Waals surface area contributed by atoms with Gasteiger partial charge in [0.05, 0.1) is 0 Å². The summed E-state index contributed by atoms with van der Waals surface area (Å²) in [5.74, 6) is 0. The van der Waals surface area contributed by atoms with Crippen LogP contribution in [-0.4, -0.2) is 0 Å². The van der Waals surface area contributed by atoms with Gasteiger partial charge >= 0.3 is 0 Å². The van der Waals surface area contributed by atoms with E-state index in [9.17, 15) is 0 Å². The zero-order valence-corrected chi connectivity index (χ0v) is 16.6. The average molecular weight is 365 g/mol. The predicted octanol–water partition coefficient (Wildman–Crippen LogP) is 6.23. The fourth-order valence-corrected chi connectivity index (χ4v) is 3.99. The van der Waals surface area contributed by atoms with Gasteiger partial charge in [0.15, 0.2) is 12.2 Å². The van der Waals surface area contributed by atoms with E-state index in [4.69, 9.17) is 0 Å². The molecule has 0 N–H and O–H groups in total. The van der Waals surface area contributed by atoms with E-state index in [0.29, 0.717) is 0 Å². The molecule has 4 aromatic rings. The maximum Gasteiger partial charge on any atom is 0.213 e. The van der Waals surface area contributed by atoms with E-state index in [-0.39, 0.29) is 0 Å². The van der Waals surface area contributed by atoms with Crippen LogP contribution in [-0.2, 0) is 13.0 Å². The van der Waals surface area contributed by atoms with Crippen molar-refractivity contribution in [3.05, 3.63) is 114 Å². The fourth-order valence-electron chi connectivity index (χ4n) is 3.99. The smallest absolute Gasteiger partial charge is 0.191 e. The van der Waals surface area contributed by atoms with Crippen molar-refractivity contribution >= 4 is 0 Å². The van der Waals surface area contributed by atoms with E-state index in [0.717, 1.165) is 13.0 Å². The van der Waals surface area contributed by atoms with Gasteiger partial charge in [0.1, 0.15) is 0 Å². The molecular formula is C27H26N+. The van der Waals surface area contributed by atoms with Gasteiger partial charge in [0, 0.05) is 29.2 Å². The molecule has 0 amide bonds. The van der Waals surface area contributed by atoms with Crippen LogP contribution in [0.1, 0.15) is 23.7 Å². The minimum absolute atomic E-state index is 0.879. The normalized spacial score (nSPS) is 10.8. The minimum atomic E-state index is 0.879. The average Bonchev–Trinajstić information content (AvgIpc) is 2.76. The van der Waals surface area contributed by atoms with E-state index < -0.39 is 0 Å². The van der Waals surface area contributed by atoms with Crippen molar-refractivity contribution < 1.29 is 4.57 Å². The molecule has 3 aromatic carbocycles. The van der Waals surface area contributed by atoms with Gasteiger partial charge in [-0.05, 0) is 30.2 Å². The first kappa shape index (κ1) is 18.2. The van der Waals surface area contributed by atoms with Crippen LogP contribution in [0, 0.1) is 6.92 Å². The highest BCUT2D eigenvalue weighted by Crippen LogP contribution is 2.29. The number of benzene rings is 3. The monoisotopic (exact) mass is 364 g/mol. The molecule has 1 nitrogen and oxygen atoms in total. The van der Waals surface area contributed by atoms with Gasteiger partial charge in [0.25, 0.3) is 0 Å². The molecule has 0 atom stereocenters. The van der Waals surface area contributed by atoms with Crippen molar-refractivity contribution in [2.24, 2.45) is 0 Å². The van der Waals surface area contributed by atoms with Crippen molar-refractivity contribution in [1.82, 2.24) is 0 Å². The summed E-state index contributed by atoms with van der Waals surface area (Å²) in [7, 11) is 0. The Labute approximate surface area is 167 Å². The van der Waals surface area contributed by atoms with E-state index in [1.54, 1.807) is 0 Å². The van der Waals surface area contributed by atoms with Crippen molar-refractivity contribution in [2.75, 3.05) is 0 Å². The molecule has 0 unspecified atom stereocenters. The summed E-state index contributed by atoms with van der Waals surface area (Å²) in [4.78, 5) is 0. The van der Waals surface area contributed by atoms with Crippen LogP contribution in [0.25, 0.3) is 22.4 Å². The van der Waals surface area contributed by atoms with Crippen molar-refractivity contribution in [2.45, 2.75) is 26.8 Å². The zero-order valence-electron chi connectivity index (χ0n) is 16.6. The standard InChI is InChI=1S/C27H26N/c1-3-26-21(2)25(23-15-9-5-10-16-23)19-27(24-17-11-6-12-18-24)28(26)20-22-13-7-4-8-14-22/h4-19H,3,20H2,1-2H3/q+1. The largest absolute Gasteiger partial charge is 0.213 e. The molecule has 1 heterocycles. The Hall–Kier alpha value is -3.19. The van der Waals surface area contributed by atoms with Crippen molar-refractivity contribution in [3.63, 3.8) is 0 Å². The van der Waals surface area contributed by atoms with Gasteiger partial charge in [-0.15, -0.1) is 0 Å². The maximum absolute atomic E-state index is 2.49. The summed E-state index contributed by atoms with van der Waals surface area (Å²) in [6.45, 7) is 5.40. The zero-order chi connectivity index (χ0) is 19.3. The lowest BCUT2D eigenvalue weighted by atomic mass is 9.95. The third-order valence-corrected chi connectivity index (χ3v) is 5.41. The highest BCUT2D eigenvalue weighted by Gasteiger charge is 2.24. The Morgan fingerprint density at radius 2 is 1.21 bits per heavy atom. The van der Waals surface area contributed by atoms with Crippen LogP contribution in [0.3, 0.4) is 0 Å². The van der Waals surface area contributed by atoms with Gasteiger partial charge in [0.2, 0.25) is 5.69 Å². The molecular weight excluding hydrogens is 338 g/mol. The van der Waals surface area contributed by atoms with Crippen molar-refractivity contribution in [3.8, 4) is 22.4 Å². The Morgan fingerprint density at radius 3 is 1.79 bits per heavy atom. The van der Waals surface area contributed by atoms with Gasteiger partial charge in [-0.2, -0.15) is 4.57 Å². The van der Waals surface area contributed by atoms with Crippen LogP contribution in [0.4, 0.5) is 0 Å². The number of hydrogen-bond donors (Lipinski definition) is 0. The Morgan fingerprint density at radius 1 is 0.679 bits per heavy atom. The summed E-state index contributed by atoms with van der Waals surface area (Å²) in [5.41, 5.74) is 9.20. The first-order valence-corrected chi connectivity index (χ1v) is 9.99. The Balaban J connectivity index is 1.97. The summed E-state index contributed by atoms with van der Waals surface area (Å²) < 4.78 is 2.49. The summed E-state index contributed by atoms with van der Waals surface area (Å²) in [5, 5.41) is 0. The Bertz CT molecular complexity index is 1050. The number of rotatable bonds is 5. The summed E-state index contributed by atoms with van der Waals surface area (Å²) in [6, 6.07) is 34.6. The molecule has 4 rings (SSSR count). The molecule has 138 valence electrons. The van der Waals surface area contributed by atoms with Crippen LogP contribution in [0.15, 0.2) is 97.1 Å². The first-order valence-electron chi connectivity index (χ1n) is 9.99. The number of aromatic nitrogens is 1. The third kappa shape index (κ3) is 3.61. The van der Waals surface area contributed by atoms with Gasteiger partial charge < -0.3 is 0 Å². The number of hydrogen-bond acceptors (Lipinski definition) is 0. The maximum atomic E-state index is 2.49. The number of nitrogens with zero attached hydrogens (tertiary/aromatic N) is 1. The first-order chi connectivity index (χ1) is 13.8. The second-order valence-corrected chi connectivity index (χ2v) is 7.17. The lowest BCUT2D eigenvalue weighted by Gasteiger charge is -2.15. The molecule has 0 aliphatic rings. The molecule has 0 aliphatic heterocycles. The van der Waals surface area contributed by atoms with Gasteiger partial charge in [-0.1, -0.05) is 85.8 Å². The third-order valence-electron chi connectivity index (χ3n) is 5.41. The molecule has 0 saturated heterocycles. The molecule has 0 bridgehead atoms. The van der Waals surface area contributed by atoms with Crippen LogP contribution < -0.4 is 4.57 Å². The summed E-state index contributed by atoms with van der Waals surface area (Å²) in [6.07, 6.45) is 0.999. The molecule has 1 aromatic heterocycles. The molecule has 0 saturated carbocycles. The van der Waals surface area contributed by atoms with E-state index in [2.05, 4.69) is 115 Å². The minimum Gasteiger partial charge on any atom is -0.191 e.